The van der Waals surface area contributed by atoms with Crippen LogP contribution in [0, 0.1) is 0 Å². The Morgan fingerprint density at radius 1 is 1.83 bits per heavy atom. The van der Waals surface area contributed by atoms with Crippen molar-refractivity contribution in [3.05, 3.63) is 0 Å². The van der Waals surface area contributed by atoms with Crippen LogP contribution in [0.4, 0.5) is 0 Å². The molecule has 0 aromatic rings. The number of hydrazine groups is 1. The van der Waals surface area contributed by atoms with Crippen LogP contribution in [0.3, 0.4) is 0 Å². The first kappa shape index (κ1) is 6.35. The summed E-state index contributed by atoms with van der Waals surface area (Å²) in [6.07, 6.45) is 1.11. The van der Waals surface area contributed by atoms with Crippen molar-refractivity contribution < 1.29 is 0 Å². The molecule has 6 heavy (non-hydrogen) atoms. The third kappa shape index (κ3) is 4.35. The molecule has 0 heterocycles. The van der Waals surface area contributed by atoms with Crippen LogP contribution < -0.4 is 5.84 Å². The summed E-state index contributed by atoms with van der Waals surface area (Å²) in [6, 6.07) is 0. The average molecular weight is 106 g/mol. The van der Waals surface area contributed by atoms with Gasteiger partial charge in [0.05, 0.1) is 0 Å². The molecule has 2 nitrogen and oxygen atoms in total. The van der Waals surface area contributed by atoms with Gasteiger partial charge in [0.1, 0.15) is 0 Å². The van der Waals surface area contributed by atoms with Gasteiger partial charge in [-0.3, -0.25) is 5.84 Å². The zero-order chi connectivity index (χ0) is 4.99. The highest BCUT2D eigenvalue weighted by molar-refractivity contribution is 7.13. The van der Waals surface area contributed by atoms with Crippen molar-refractivity contribution in [2.75, 3.05) is 6.54 Å². The van der Waals surface area contributed by atoms with Crippen molar-refractivity contribution in [1.29, 1.82) is 0 Å². The lowest BCUT2D eigenvalue weighted by atomic mass is 10.5. The van der Waals surface area contributed by atoms with E-state index >= 15 is 0 Å². The predicted molar refractivity (Wildman–Crippen MR) is 30.9 cm³/mol. The van der Waals surface area contributed by atoms with Gasteiger partial charge in [0.15, 0.2) is 0 Å². The molecule has 0 bridgehead atoms. The summed E-state index contributed by atoms with van der Waals surface area (Å²) in [6.45, 7) is 3.04. The van der Waals surface area contributed by atoms with Crippen LogP contribution in [0.2, 0.25) is 0 Å². The molecular weight excluding hydrogens is 95.0 g/mol. The molecular formula is C3H11N2P. The van der Waals surface area contributed by atoms with E-state index in [-0.39, 0.29) is 0 Å². The SMILES string of the molecule is CCCN(N)P. The molecule has 0 aliphatic rings. The molecule has 0 spiro atoms. The number of hydrogen-bond acceptors (Lipinski definition) is 2. The van der Waals surface area contributed by atoms with Crippen LogP contribution in [0.5, 0.6) is 0 Å². The maximum absolute atomic E-state index is 5.20. The van der Waals surface area contributed by atoms with Gasteiger partial charge in [0, 0.05) is 6.54 Å². The van der Waals surface area contributed by atoms with Crippen molar-refractivity contribution in [3.8, 4) is 0 Å². The molecule has 0 saturated heterocycles. The third-order valence-electron chi connectivity index (χ3n) is 0.482. The van der Waals surface area contributed by atoms with Gasteiger partial charge in [-0.05, 0) is 15.8 Å². The third-order valence-corrected chi connectivity index (χ3v) is 0.740. The second-order valence-electron chi connectivity index (χ2n) is 1.24. The maximum atomic E-state index is 5.20. The standard InChI is InChI=1S/C3H11N2P/c1-2-3-5(4)6/h2-4,6H2,1H3. The Labute approximate surface area is 40.9 Å². The van der Waals surface area contributed by atoms with Crippen molar-refractivity contribution in [3.63, 3.8) is 0 Å². The van der Waals surface area contributed by atoms with E-state index in [1.165, 1.54) is 0 Å². The van der Waals surface area contributed by atoms with Gasteiger partial charge in [-0.25, -0.2) is 4.78 Å². The summed E-state index contributed by atoms with van der Waals surface area (Å²) in [4.78, 5) is 0. The molecule has 0 saturated carbocycles. The summed E-state index contributed by atoms with van der Waals surface area (Å²) >= 11 is 0. The minimum Gasteiger partial charge on any atom is -0.266 e. The predicted octanol–water partition coefficient (Wildman–Crippen LogP) is 0.362. The molecule has 0 aromatic carbocycles. The van der Waals surface area contributed by atoms with E-state index in [0.29, 0.717) is 0 Å². The van der Waals surface area contributed by atoms with Crippen LogP contribution in [-0.4, -0.2) is 11.3 Å². The smallest absolute Gasteiger partial charge is 0.0161 e. The average Bonchev–Trinajstić information content (AvgIpc) is 1.35. The first-order valence-corrected chi connectivity index (χ1v) is 2.56. The summed E-state index contributed by atoms with van der Waals surface area (Å²) < 4.78 is 1.60. The van der Waals surface area contributed by atoms with E-state index in [1.807, 2.05) is 0 Å². The van der Waals surface area contributed by atoms with Gasteiger partial charge in [-0.1, -0.05) is 6.92 Å². The second kappa shape index (κ2) is 3.54. The number of nitrogens with zero attached hydrogens (tertiary/aromatic N) is 1. The Bertz CT molecular complexity index is 30.0. The lowest BCUT2D eigenvalue weighted by Crippen LogP contribution is -2.19. The molecule has 0 aliphatic heterocycles. The number of hydrogen-bond donors (Lipinski definition) is 1. The summed E-state index contributed by atoms with van der Waals surface area (Å²) in [5, 5.41) is 0. The lowest BCUT2D eigenvalue weighted by Gasteiger charge is -2.03. The highest BCUT2D eigenvalue weighted by Gasteiger charge is 1.80. The van der Waals surface area contributed by atoms with Gasteiger partial charge in [0.25, 0.3) is 0 Å². The minimum atomic E-state index is 0.949. The highest BCUT2D eigenvalue weighted by Crippen LogP contribution is 1.87. The van der Waals surface area contributed by atoms with Crippen molar-refractivity contribution in [2.24, 2.45) is 5.84 Å². The summed E-state index contributed by atoms with van der Waals surface area (Å²) in [5.74, 6) is 5.20. The van der Waals surface area contributed by atoms with Crippen LogP contribution in [-0.2, 0) is 0 Å². The second-order valence-corrected chi connectivity index (χ2v) is 1.90. The number of rotatable bonds is 2. The Hall–Kier alpha value is 0.350. The van der Waals surface area contributed by atoms with E-state index < -0.39 is 0 Å². The summed E-state index contributed by atoms with van der Waals surface area (Å²) in [5.41, 5.74) is 0. The minimum absolute atomic E-state index is 0.949. The molecule has 2 N–H and O–H groups in total. The first-order chi connectivity index (χ1) is 2.77. The Morgan fingerprint density at radius 2 is 2.33 bits per heavy atom. The highest BCUT2D eigenvalue weighted by atomic mass is 31.0. The fourth-order valence-electron chi connectivity index (χ4n) is 0.258. The van der Waals surface area contributed by atoms with E-state index in [9.17, 15) is 0 Å². The topological polar surface area (TPSA) is 29.3 Å². The van der Waals surface area contributed by atoms with Crippen LogP contribution in [0.15, 0.2) is 0 Å². The lowest BCUT2D eigenvalue weighted by molar-refractivity contribution is 0.494. The largest absolute Gasteiger partial charge is 0.266 e. The van der Waals surface area contributed by atoms with Crippen LogP contribution in [0.1, 0.15) is 13.3 Å². The monoisotopic (exact) mass is 106 g/mol. The Balaban J connectivity index is 2.63. The fourth-order valence-corrected chi connectivity index (χ4v) is 0.516. The number of nitrogens with two attached hydrogens (primary N) is 1. The van der Waals surface area contributed by atoms with Gasteiger partial charge in [-0.2, -0.15) is 0 Å². The summed E-state index contributed by atoms with van der Waals surface area (Å²) in [7, 11) is 2.39. The van der Waals surface area contributed by atoms with Gasteiger partial charge < -0.3 is 0 Å². The van der Waals surface area contributed by atoms with E-state index in [2.05, 4.69) is 16.3 Å². The normalized spacial score (nSPS) is 10.0. The molecule has 1 atom stereocenters. The first-order valence-electron chi connectivity index (χ1n) is 2.04. The Morgan fingerprint density at radius 3 is 2.33 bits per heavy atom. The molecule has 0 fully saturated rings. The maximum Gasteiger partial charge on any atom is 0.0161 e. The van der Waals surface area contributed by atoms with E-state index in [1.54, 1.807) is 4.78 Å². The van der Waals surface area contributed by atoms with Crippen molar-refractivity contribution >= 4 is 9.39 Å². The van der Waals surface area contributed by atoms with Gasteiger partial charge in [-0.15, -0.1) is 0 Å². The molecule has 0 amide bonds. The molecule has 1 unspecified atom stereocenters. The zero-order valence-corrected chi connectivity index (χ0v) is 5.17. The molecule has 0 aliphatic carbocycles. The zero-order valence-electron chi connectivity index (χ0n) is 4.02. The van der Waals surface area contributed by atoms with Crippen molar-refractivity contribution in [2.45, 2.75) is 13.3 Å². The molecule has 0 radical (unpaired) electrons. The van der Waals surface area contributed by atoms with E-state index in [4.69, 9.17) is 5.84 Å². The molecule has 0 rings (SSSR count). The van der Waals surface area contributed by atoms with Gasteiger partial charge in [0.2, 0.25) is 0 Å². The van der Waals surface area contributed by atoms with E-state index in [0.717, 1.165) is 13.0 Å². The molecule has 0 aromatic heterocycles. The van der Waals surface area contributed by atoms with Gasteiger partial charge >= 0.3 is 0 Å². The molecule has 38 valence electrons. The fraction of sp³-hybridized carbons (Fsp3) is 1.00. The van der Waals surface area contributed by atoms with Crippen LogP contribution >= 0.6 is 9.39 Å². The Kier molecular flexibility index (Phi) is 3.74. The van der Waals surface area contributed by atoms with Crippen LogP contribution in [0.25, 0.3) is 0 Å². The van der Waals surface area contributed by atoms with Crippen molar-refractivity contribution in [1.82, 2.24) is 4.78 Å². The molecule has 3 heteroatoms. The quantitative estimate of drug-likeness (QED) is 0.313.